The Hall–Kier alpha value is -2.51. The van der Waals surface area contributed by atoms with Gasteiger partial charge in [-0.15, -0.1) is 11.8 Å². The van der Waals surface area contributed by atoms with Gasteiger partial charge in [0.2, 0.25) is 0 Å². The van der Waals surface area contributed by atoms with Crippen LogP contribution in [-0.4, -0.2) is 31.9 Å². The van der Waals surface area contributed by atoms with Crippen molar-refractivity contribution in [3.05, 3.63) is 64.8 Å². The Balaban J connectivity index is 1.56. The number of nitrogens with zero attached hydrogens (tertiary/aromatic N) is 3. The third kappa shape index (κ3) is 3.47. The number of hydrogen-bond donors (Lipinski definition) is 1. The lowest BCUT2D eigenvalue weighted by Gasteiger charge is -2.24. The molecule has 2 atom stereocenters. The van der Waals surface area contributed by atoms with Gasteiger partial charge < -0.3 is 0 Å². The Kier molecular flexibility index (Phi) is 5.03. The summed E-state index contributed by atoms with van der Waals surface area (Å²) in [6.45, 7) is 3.73. The van der Waals surface area contributed by atoms with Crippen LogP contribution in [0.3, 0.4) is 0 Å². The molecule has 144 valence electrons. The van der Waals surface area contributed by atoms with Crippen LogP contribution < -0.4 is 5.43 Å². The molecule has 0 saturated carbocycles. The molecule has 2 unspecified atom stereocenters. The molecule has 0 aliphatic carbocycles. The lowest BCUT2D eigenvalue weighted by atomic mass is 10.2. The normalized spacial score (nSPS) is 19.4. The first-order valence-corrected chi connectivity index (χ1v) is 10.2. The Bertz CT molecular complexity index is 1050. The number of carbonyl (C=O) groups is 2. The summed E-state index contributed by atoms with van der Waals surface area (Å²) in [7, 11) is 0. The highest BCUT2D eigenvalue weighted by atomic mass is 35.5. The second-order valence-corrected chi connectivity index (χ2v) is 8.55. The van der Waals surface area contributed by atoms with Gasteiger partial charge in [-0.2, -0.15) is 5.10 Å². The maximum Gasteiger partial charge on any atom is 0.260 e. The molecule has 0 spiro atoms. The molecule has 8 heteroatoms. The van der Waals surface area contributed by atoms with Gasteiger partial charge in [0, 0.05) is 10.4 Å². The summed E-state index contributed by atoms with van der Waals surface area (Å²) in [5.74, 6) is -0.426. The highest BCUT2D eigenvalue weighted by Crippen LogP contribution is 2.41. The van der Waals surface area contributed by atoms with E-state index in [1.165, 1.54) is 16.8 Å². The molecule has 28 heavy (non-hydrogen) atoms. The molecule has 1 aliphatic heterocycles. The number of rotatable bonds is 4. The standard InChI is InChI=1S/C20H19ClN4O2S/c1-12-16-9-8-15(21)10-17(16)24(22-12)11-18(26)23-25-19(27)13(2)28-20(25)14-6-4-3-5-7-14/h3-10,13,20H,11H2,1-2H3,(H,23,26). The lowest BCUT2D eigenvalue weighted by molar-refractivity contribution is -0.140. The molecular weight excluding hydrogens is 396 g/mol. The summed E-state index contributed by atoms with van der Waals surface area (Å²) in [6.07, 6.45) is 0. The maximum absolute atomic E-state index is 12.7. The summed E-state index contributed by atoms with van der Waals surface area (Å²) in [6, 6.07) is 15.2. The van der Waals surface area contributed by atoms with Gasteiger partial charge in [-0.25, -0.2) is 5.01 Å². The largest absolute Gasteiger partial charge is 0.272 e. The average molecular weight is 415 g/mol. The molecule has 2 aromatic carbocycles. The van der Waals surface area contributed by atoms with Crippen LogP contribution in [0.2, 0.25) is 5.02 Å². The molecule has 1 fully saturated rings. The number of aromatic nitrogens is 2. The molecule has 1 aromatic heterocycles. The van der Waals surface area contributed by atoms with Crippen LogP contribution in [0, 0.1) is 6.92 Å². The molecule has 1 saturated heterocycles. The number of fused-ring (bicyclic) bond motifs is 1. The Morgan fingerprint density at radius 2 is 2.00 bits per heavy atom. The van der Waals surface area contributed by atoms with Crippen LogP contribution in [0.25, 0.3) is 10.9 Å². The highest BCUT2D eigenvalue weighted by Gasteiger charge is 2.39. The van der Waals surface area contributed by atoms with Gasteiger partial charge in [0.25, 0.3) is 11.8 Å². The minimum Gasteiger partial charge on any atom is -0.272 e. The summed E-state index contributed by atoms with van der Waals surface area (Å²) in [4.78, 5) is 25.3. The number of halogens is 1. The van der Waals surface area contributed by atoms with Crippen molar-refractivity contribution in [1.29, 1.82) is 0 Å². The van der Waals surface area contributed by atoms with Gasteiger partial charge in [-0.3, -0.25) is 19.7 Å². The number of hydrazine groups is 1. The predicted molar refractivity (Wildman–Crippen MR) is 111 cm³/mol. The molecule has 6 nitrogen and oxygen atoms in total. The number of amides is 2. The first-order valence-electron chi connectivity index (χ1n) is 8.89. The summed E-state index contributed by atoms with van der Waals surface area (Å²) in [5, 5.41) is 6.92. The predicted octanol–water partition coefficient (Wildman–Crippen LogP) is 3.69. The van der Waals surface area contributed by atoms with Gasteiger partial charge in [-0.05, 0) is 37.6 Å². The summed E-state index contributed by atoms with van der Waals surface area (Å²) in [5.41, 5.74) is 5.35. The number of hydrogen-bond acceptors (Lipinski definition) is 4. The number of nitrogens with one attached hydrogen (secondary N) is 1. The van der Waals surface area contributed by atoms with E-state index in [1.807, 2.05) is 50.2 Å². The third-order valence-corrected chi connectivity index (χ3v) is 6.26. The van der Waals surface area contributed by atoms with Crippen molar-refractivity contribution < 1.29 is 9.59 Å². The first kappa shape index (κ1) is 18.8. The van der Waals surface area contributed by atoms with E-state index in [-0.39, 0.29) is 29.0 Å². The van der Waals surface area contributed by atoms with Crippen LogP contribution in [0.15, 0.2) is 48.5 Å². The highest BCUT2D eigenvalue weighted by molar-refractivity contribution is 8.01. The molecule has 3 aromatic rings. The minimum atomic E-state index is -0.312. The summed E-state index contributed by atoms with van der Waals surface area (Å²) < 4.78 is 1.61. The topological polar surface area (TPSA) is 67.2 Å². The maximum atomic E-state index is 12.7. The van der Waals surface area contributed by atoms with Crippen molar-refractivity contribution >= 4 is 46.1 Å². The molecule has 4 rings (SSSR count). The number of carbonyl (C=O) groups excluding carboxylic acids is 2. The van der Waals surface area contributed by atoms with E-state index in [0.29, 0.717) is 5.02 Å². The average Bonchev–Trinajstić information content (AvgIpc) is 3.13. The number of aryl methyl sites for hydroxylation is 1. The Morgan fingerprint density at radius 3 is 2.75 bits per heavy atom. The second kappa shape index (κ2) is 7.48. The fourth-order valence-electron chi connectivity index (χ4n) is 3.32. The molecular formula is C20H19ClN4O2S. The summed E-state index contributed by atoms with van der Waals surface area (Å²) >= 11 is 7.61. The van der Waals surface area contributed by atoms with Crippen molar-refractivity contribution in [3.8, 4) is 0 Å². The van der Waals surface area contributed by atoms with Crippen LogP contribution >= 0.6 is 23.4 Å². The van der Waals surface area contributed by atoms with Crippen LogP contribution in [0.5, 0.6) is 0 Å². The van der Waals surface area contributed by atoms with Crippen LogP contribution in [-0.2, 0) is 16.1 Å². The van der Waals surface area contributed by atoms with Gasteiger partial charge in [0.05, 0.1) is 16.5 Å². The van der Waals surface area contributed by atoms with Crippen molar-refractivity contribution in [2.24, 2.45) is 0 Å². The van der Waals surface area contributed by atoms with E-state index in [9.17, 15) is 9.59 Å². The molecule has 2 amide bonds. The van der Waals surface area contributed by atoms with Gasteiger partial charge in [0.1, 0.15) is 11.9 Å². The van der Waals surface area contributed by atoms with E-state index in [4.69, 9.17) is 11.6 Å². The molecule has 1 aliphatic rings. The van der Waals surface area contributed by atoms with Crippen molar-refractivity contribution in [1.82, 2.24) is 20.2 Å². The first-order chi connectivity index (χ1) is 13.4. The van der Waals surface area contributed by atoms with Gasteiger partial charge >= 0.3 is 0 Å². The number of thioether (sulfide) groups is 1. The Morgan fingerprint density at radius 1 is 1.25 bits per heavy atom. The second-order valence-electron chi connectivity index (χ2n) is 6.69. The zero-order valence-electron chi connectivity index (χ0n) is 15.4. The molecule has 0 bridgehead atoms. The zero-order chi connectivity index (χ0) is 19.8. The fraction of sp³-hybridized carbons (Fsp3) is 0.250. The van der Waals surface area contributed by atoms with Crippen LogP contribution in [0.4, 0.5) is 0 Å². The van der Waals surface area contributed by atoms with E-state index in [1.54, 1.807) is 16.8 Å². The van der Waals surface area contributed by atoms with Gasteiger partial charge in [0.15, 0.2) is 0 Å². The molecule has 0 radical (unpaired) electrons. The van der Waals surface area contributed by atoms with E-state index < -0.39 is 0 Å². The Labute approximate surface area is 171 Å². The smallest absolute Gasteiger partial charge is 0.260 e. The van der Waals surface area contributed by atoms with E-state index in [2.05, 4.69) is 10.5 Å². The molecule has 2 heterocycles. The number of benzene rings is 2. The van der Waals surface area contributed by atoms with E-state index >= 15 is 0 Å². The molecule has 1 N–H and O–H groups in total. The van der Waals surface area contributed by atoms with E-state index in [0.717, 1.165) is 22.2 Å². The third-order valence-electron chi connectivity index (χ3n) is 4.67. The monoisotopic (exact) mass is 414 g/mol. The van der Waals surface area contributed by atoms with Crippen molar-refractivity contribution in [3.63, 3.8) is 0 Å². The zero-order valence-corrected chi connectivity index (χ0v) is 17.0. The SMILES string of the molecule is Cc1nn(CC(=O)NN2C(=O)C(C)SC2c2ccccc2)c2cc(Cl)ccc12. The van der Waals surface area contributed by atoms with Gasteiger partial charge in [-0.1, -0.05) is 41.9 Å². The van der Waals surface area contributed by atoms with Crippen molar-refractivity contribution in [2.45, 2.75) is 31.0 Å². The fourth-order valence-corrected chi connectivity index (χ4v) is 4.70. The quantitative estimate of drug-likeness (QED) is 0.707. The van der Waals surface area contributed by atoms with Crippen LogP contribution in [0.1, 0.15) is 23.6 Å². The van der Waals surface area contributed by atoms with Crippen molar-refractivity contribution in [2.75, 3.05) is 0 Å². The minimum absolute atomic E-state index is 0.00494. The lowest BCUT2D eigenvalue weighted by Crippen LogP contribution is -2.46.